The number of aromatic nitrogens is 6. The highest BCUT2D eigenvalue weighted by atomic mass is 32.1. The van der Waals surface area contributed by atoms with Crippen LogP contribution in [0.25, 0.3) is 11.2 Å². The molecule has 0 unspecified atom stereocenters. The number of hydrogen-bond donors (Lipinski definition) is 1. The van der Waals surface area contributed by atoms with Gasteiger partial charge in [-0.2, -0.15) is 10.1 Å². The highest BCUT2D eigenvalue weighted by Crippen LogP contribution is 2.17. The Balaban J connectivity index is 2.21. The summed E-state index contributed by atoms with van der Waals surface area (Å²) in [6.45, 7) is 2.40. The van der Waals surface area contributed by atoms with E-state index in [2.05, 4.69) is 20.2 Å². The van der Waals surface area contributed by atoms with Crippen molar-refractivity contribution in [3.05, 3.63) is 22.7 Å². The molecule has 0 aliphatic rings. The lowest BCUT2D eigenvalue weighted by Crippen LogP contribution is -2.05. The number of H-pyrrole nitrogens is 1. The van der Waals surface area contributed by atoms with E-state index in [1.54, 1.807) is 4.68 Å². The summed E-state index contributed by atoms with van der Waals surface area (Å²) in [6, 6.07) is 0. The molecule has 8 heteroatoms. The molecule has 3 aromatic heterocycles. The van der Waals surface area contributed by atoms with Gasteiger partial charge in [-0.1, -0.05) is 5.16 Å². The largest absolute Gasteiger partial charge is 0.343 e. The summed E-state index contributed by atoms with van der Waals surface area (Å²) < 4.78 is 9.02. The molecule has 17 heavy (non-hydrogen) atoms. The SMILES string of the molecule is Cc1nn(C)c2c1[nH]c(=S)n2Cc1ncon1. The van der Waals surface area contributed by atoms with Gasteiger partial charge in [0, 0.05) is 7.05 Å². The number of imidazole rings is 1. The molecule has 3 heterocycles. The molecular formula is C9H10N6OS. The zero-order chi connectivity index (χ0) is 12.0. The predicted octanol–water partition coefficient (Wildman–Crippen LogP) is 1.17. The Morgan fingerprint density at radius 1 is 1.53 bits per heavy atom. The molecule has 0 aliphatic carbocycles. The van der Waals surface area contributed by atoms with Crippen LogP contribution in [0, 0.1) is 11.7 Å². The Morgan fingerprint density at radius 2 is 2.35 bits per heavy atom. The Morgan fingerprint density at radius 3 is 3.06 bits per heavy atom. The van der Waals surface area contributed by atoms with Gasteiger partial charge in [0.25, 0.3) is 0 Å². The second kappa shape index (κ2) is 3.52. The minimum atomic E-state index is 0.467. The molecule has 0 saturated carbocycles. The topological polar surface area (TPSA) is 77.5 Å². The maximum Gasteiger partial charge on any atom is 0.213 e. The Kier molecular flexibility index (Phi) is 2.11. The molecular weight excluding hydrogens is 240 g/mol. The van der Waals surface area contributed by atoms with Gasteiger partial charge in [0.05, 0.1) is 12.2 Å². The molecule has 0 fully saturated rings. The number of fused-ring (bicyclic) bond motifs is 1. The van der Waals surface area contributed by atoms with Crippen LogP contribution in [-0.2, 0) is 13.6 Å². The van der Waals surface area contributed by atoms with Gasteiger partial charge in [0.2, 0.25) is 6.39 Å². The van der Waals surface area contributed by atoms with E-state index in [4.69, 9.17) is 16.7 Å². The first-order valence-electron chi connectivity index (χ1n) is 5.04. The van der Waals surface area contributed by atoms with Crippen LogP contribution in [0.2, 0.25) is 0 Å². The molecule has 1 N–H and O–H groups in total. The van der Waals surface area contributed by atoms with E-state index < -0.39 is 0 Å². The maximum atomic E-state index is 5.28. The van der Waals surface area contributed by atoms with Gasteiger partial charge in [-0.3, -0.25) is 9.25 Å². The van der Waals surface area contributed by atoms with Gasteiger partial charge < -0.3 is 9.51 Å². The predicted molar refractivity (Wildman–Crippen MR) is 62.0 cm³/mol. The Hall–Kier alpha value is -1.96. The smallest absolute Gasteiger partial charge is 0.213 e. The van der Waals surface area contributed by atoms with Crippen molar-refractivity contribution < 1.29 is 4.52 Å². The Bertz CT molecular complexity index is 719. The lowest BCUT2D eigenvalue weighted by Gasteiger charge is -2.00. The van der Waals surface area contributed by atoms with Gasteiger partial charge in [0.15, 0.2) is 16.2 Å². The summed E-state index contributed by atoms with van der Waals surface area (Å²) in [4.78, 5) is 7.12. The highest BCUT2D eigenvalue weighted by molar-refractivity contribution is 7.71. The minimum absolute atomic E-state index is 0.467. The van der Waals surface area contributed by atoms with E-state index >= 15 is 0 Å². The van der Waals surface area contributed by atoms with Crippen LogP contribution in [0.1, 0.15) is 11.5 Å². The van der Waals surface area contributed by atoms with Crippen LogP contribution < -0.4 is 0 Å². The fourth-order valence-electron chi connectivity index (χ4n) is 1.92. The fourth-order valence-corrected chi connectivity index (χ4v) is 2.18. The number of aryl methyl sites for hydroxylation is 2. The van der Waals surface area contributed by atoms with E-state index in [-0.39, 0.29) is 0 Å². The molecule has 88 valence electrons. The number of aromatic amines is 1. The summed E-state index contributed by atoms with van der Waals surface area (Å²) >= 11 is 5.28. The highest BCUT2D eigenvalue weighted by Gasteiger charge is 2.13. The van der Waals surface area contributed by atoms with Crippen molar-refractivity contribution in [3.8, 4) is 0 Å². The van der Waals surface area contributed by atoms with Crippen LogP contribution in [0.5, 0.6) is 0 Å². The summed E-state index contributed by atoms with van der Waals surface area (Å²) in [5, 5.41) is 8.11. The first-order chi connectivity index (χ1) is 8.16. The monoisotopic (exact) mass is 250 g/mol. The number of hydrogen-bond acceptors (Lipinski definition) is 5. The second-order valence-electron chi connectivity index (χ2n) is 3.77. The molecule has 0 aliphatic heterocycles. The van der Waals surface area contributed by atoms with Gasteiger partial charge in [-0.05, 0) is 19.1 Å². The molecule has 0 atom stereocenters. The van der Waals surface area contributed by atoms with E-state index in [0.29, 0.717) is 17.1 Å². The average molecular weight is 250 g/mol. The summed E-state index contributed by atoms with van der Waals surface area (Å²) in [5.74, 6) is 0.584. The molecule has 7 nitrogen and oxygen atoms in total. The van der Waals surface area contributed by atoms with Crippen LogP contribution in [-0.4, -0.2) is 29.5 Å². The van der Waals surface area contributed by atoms with Crippen molar-refractivity contribution in [2.24, 2.45) is 7.05 Å². The number of nitrogens with zero attached hydrogens (tertiary/aromatic N) is 5. The van der Waals surface area contributed by atoms with E-state index in [1.807, 2.05) is 18.5 Å². The summed E-state index contributed by atoms with van der Waals surface area (Å²) in [7, 11) is 1.88. The van der Waals surface area contributed by atoms with Crippen LogP contribution in [0.3, 0.4) is 0 Å². The summed E-state index contributed by atoms with van der Waals surface area (Å²) in [6.07, 6.45) is 1.30. The average Bonchev–Trinajstić information content (AvgIpc) is 2.93. The van der Waals surface area contributed by atoms with Crippen molar-refractivity contribution in [3.63, 3.8) is 0 Å². The van der Waals surface area contributed by atoms with Crippen molar-refractivity contribution in [1.82, 2.24) is 29.5 Å². The molecule has 0 bridgehead atoms. The quantitative estimate of drug-likeness (QED) is 0.691. The van der Waals surface area contributed by atoms with Gasteiger partial charge in [-0.15, -0.1) is 0 Å². The molecule has 3 rings (SSSR count). The molecule has 0 saturated heterocycles. The molecule has 0 radical (unpaired) electrons. The van der Waals surface area contributed by atoms with E-state index in [1.165, 1.54) is 6.39 Å². The van der Waals surface area contributed by atoms with Gasteiger partial charge in [0.1, 0.15) is 5.52 Å². The maximum absolute atomic E-state index is 5.28. The van der Waals surface area contributed by atoms with Crippen molar-refractivity contribution in [1.29, 1.82) is 0 Å². The van der Waals surface area contributed by atoms with Crippen molar-refractivity contribution in [2.75, 3.05) is 0 Å². The summed E-state index contributed by atoms with van der Waals surface area (Å²) in [5.41, 5.74) is 2.79. The van der Waals surface area contributed by atoms with Crippen LogP contribution >= 0.6 is 12.2 Å². The van der Waals surface area contributed by atoms with Crippen molar-refractivity contribution in [2.45, 2.75) is 13.5 Å². The molecule has 3 aromatic rings. The Labute approximate surface area is 101 Å². The van der Waals surface area contributed by atoms with Gasteiger partial charge >= 0.3 is 0 Å². The zero-order valence-electron chi connectivity index (χ0n) is 9.34. The second-order valence-corrected chi connectivity index (χ2v) is 4.16. The van der Waals surface area contributed by atoms with Gasteiger partial charge in [-0.25, -0.2) is 0 Å². The first kappa shape index (κ1) is 10.2. The normalized spacial score (nSPS) is 11.4. The standard InChI is InChI=1S/C9H10N6OS/c1-5-7-8(14(2)12-5)15(9(17)11-7)3-6-10-4-16-13-6/h4H,3H2,1-2H3,(H,11,17). The van der Waals surface area contributed by atoms with Crippen molar-refractivity contribution >= 4 is 23.4 Å². The minimum Gasteiger partial charge on any atom is -0.343 e. The third-order valence-electron chi connectivity index (χ3n) is 2.63. The molecule has 0 amide bonds. The lowest BCUT2D eigenvalue weighted by atomic mass is 10.4. The fraction of sp³-hybridized carbons (Fsp3) is 0.333. The van der Waals surface area contributed by atoms with Crippen LogP contribution in [0.15, 0.2) is 10.9 Å². The van der Waals surface area contributed by atoms with E-state index in [0.717, 1.165) is 16.9 Å². The molecule has 0 spiro atoms. The number of rotatable bonds is 2. The zero-order valence-corrected chi connectivity index (χ0v) is 10.2. The lowest BCUT2D eigenvalue weighted by molar-refractivity contribution is 0.408. The van der Waals surface area contributed by atoms with E-state index in [9.17, 15) is 0 Å². The first-order valence-corrected chi connectivity index (χ1v) is 5.45. The number of nitrogens with one attached hydrogen (secondary N) is 1. The third kappa shape index (κ3) is 1.48. The third-order valence-corrected chi connectivity index (χ3v) is 2.95. The van der Waals surface area contributed by atoms with Crippen LogP contribution in [0.4, 0.5) is 0 Å². The molecule has 0 aromatic carbocycles.